The van der Waals surface area contributed by atoms with Crippen molar-refractivity contribution in [2.45, 2.75) is 6.92 Å². The molecular weight excluding hydrogens is 171 g/mol. The third kappa shape index (κ3) is 3.54. The number of nitrogen functional groups attached to an aromatic ring is 1. The topological polar surface area (TPSA) is 38.9 Å². The summed E-state index contributed by atoms with van der Waals surface area (Å²) in [5, 5.41) is 0. The summed E-state index contributed by atoms with van der Waals surface area (Å²) < 4.78 is 0. The molecule has 0 radical (unpaired) electrons. The molecule has 0 bridgehead atoms. The van der Waals surface area contributed by atoms with Crippen molar-refractivity contribution in [2.24, 2.45) is 0 Å². The molecule has 2 nitrogen and oxygen atoms in total. The Kier molecular flexibility index (Phi) is 6.51. The molecule has 0 unspecified atom stereocenters. The number of halogens is 2. The van der Waals surface area contributed by atoms with Crippen LogP contribution in [-0.4, -0.2) is 4.98 Å². The maximum Gasteiger partial charge on any atom is 0.0500 e. The first-order valence-electron chi connectivity index (χ1n) is 2.47. The number of aromatic nitrogens is 1. The van der Waals surface area contributed by atoms with Crippen molar-refractivity contribution in [1.29, 1.82) is 0 Å². The Labute approximate surface area is 72.7 Å². The molecule has 4 heteroatoms. The molecule has 0 fully saturated rings. The Morgan fingerprint density at radius 2 is 1.90 bits per heavy atom. The lowest BCUT2D eigenvalue weighted by Crippen LogP contribution is -1.85. The zero-order valence-corrected chi connectivity index (χ0v) is 7.21. The Hall–Kier alpha value is -0.470. The highest BCUT2D eigenvalue weighted by atomic mass is 35.5. The molecule has 10 heavy (non-hydrogen) atoms. The van der Waals surface area contributed by atoms with Crippen LogP contribution in [0.25, 0.3) is 0 Å². The van der Waals surface area contributed by atoms with Crippen LogP contribution in [0.15, 0.2) is 18.3 Å². The van der Waals surface area contributed by atoms with E-state index >= 15 is 0 Å². The van der Waals surface area contributed by atoms with E-state index in [-0.39, 0.29) is 24.8 Å². The van der Waals surface area contributed by atoms with Crippen LogP contribution >= 0.6 is 24.8 Å². The molecule has 1 aromatic heterocycles. The molecule has 0 aliphatic carbocycles. The second-order valence-electron chi connectivity index (χ2n) is 1.73. The third-order valence-electron chi connectivity index (χ3n) is 0.934. The van der Waals surface area contributed by atoms with Crippen LogP contribution in [0.4, 0.5) is 5.69 Å². The molecule has 58 valence electrons. The molecule has 0 spiro atoms. The molecule has 0 aliphatic rings. The largest absolute Gasteiger partial charge is 0.397 e. The van der Waals surface area contributed by atoms with Crippen LogP contribution in [0.5, 0.6) is 0 Å². The van der Waals surface area contributed by atoms with Crippen LogP contribution in [0.1, 0.15) is 5.69 Å². The highest BCUT2D eigenvalue weighted by Gasteiger charge is 1.81. The van der Waals surface area contributed by atoms with Crippen molar-refractivity contribution in [3.8, 4) is 0 Å². The normalized spacial score (nSPS) is 7.30. The lowest BCUT2D eigenvalue weighted by atomic mass is 10.4. The van der Waals surface area contributed by atoms with E-state index in [2.05, 4.69) is 4.98 Å². The van der Waals surface area contributed by atoms with Gasteiger partial charge in [-0.2, -0.15) is 0 Å². The van der Waals surface area contributed by atoms with Gasteiger partial charge in [-0.15, -0.1) is 24.8 Å². The van der Waals surface area contributed by atoms with Crippen molar-refractivity contribution < 1.29 is 0 Å². The molecule has 1 rings (SSSR count). The minimum atomic E-state index is 0. The summed E-state index contributed by atoms with van der Waals surface area (Å²) in [5.41, 5.74) is 7.08. The number of hydrogen-bond acceptors (Lipinski definition) is 2. The van der Waals surface area contributed by atoms with Crippen LogP contribution in [0.3, 0.4) is 0 Å². The van der Waals surface area contributed by atoms with Gasteiger partial charge < -0.3 is 5.73 Å². The molecule has 1 heterocycles. The smallest absolute Gasteiger partial charge is 0.0500 e. The maximum atomic E-state index is 5.36. The molecular formula is C6H10Cl2N2. The number of aryl methyl sites for hydroxylation is 1. The van der Waals surface area contributed by atoms with Crippen LogP contribution in [0.2, 0.25) is 0 Å². The fraction of sp³-hybridized carbons (Fsp3) is 0.167. The standard InChI is InChI=1S/C6H8N2.2ClH/c1-5-2-3-6(7)4-8-5;;/h2-4H,7H2,1H3;2*1H. The highest BCUT2D eigenvalue weighted by Crippen LogP contribution is 1.97. The van der Waals surface area contributed by atoms with Crippen molar-refractivity contribution in [3.05, 3.63) is 24.0 Å². The second-order valence-corrected chi connectivity index (χ2v) is 1.73. The Balaban J connectivity index is 0. The van der Waals surface area contributed by atoms with E-state index in [0.29, 0.717) is 0 Å². The van der Waals surface area contributed by atoms with Crippen LogP contribution in [0, 0.1) is 6.92 Å². The zero-order valence-electron chi connectivity index (χ0n) is 5.57. The Bertz CT molecular complexity index is 153. The van der Waals surface area contributed by atoms with Crippen molar-refractivity contribution in [1.82, 2.24) is 4.98 Å². The monoisotopic (exact) mass is 180 g/mol. The Morgan fingerprint density at radius 1 is 1.30 bits per heavy atom. The number of anilines is 1. The number of rotatable bonds is 0. The van der Waals surface area contributed by atoms with Gasteiger partial charge in [0.15, 0.2) is 0 Å². The summed E-state index contributed by atoms with van der Waals surface area (Å²) in [7, 11) is 0. The van der Waals surface area contributed by atoms with Gasteiger partial charge in [-0.25, -0.2) is 0 Å². The van der Waals surface area contributed by atoms with Gasteiger partial charge >= 0.3 is 0 Å². The zero-order chi connectivity index (χ0) is 5.98. The molecule has 0 amide bonds. The minimum Gasteiger partial charge on any atom is -0.397 e. The molecule has 1 aromatic rings. The van der Waals surface area contributed by atoms with Gasteiger partial charge in [-0.05, 0) is 19.1 Å². The number of hydrogen-bond donors (Lipinski definition) is 1. The van der Waals surface area contributed by atoms with E-state index in [4.69, 9.17) is 5.73 Å². The average molecular weight is 181 g/mol. The fourth-order valence-electron chi connectivity index (χ4n) is 0.479. The SMILES string of the molecule is Cc1ccc(N)cn1.Cl.Cl. The van der Waals surface area contributed by atoms with E-state index in [0.717, 1.165) is 11.4 Å². The molecule has 0 aromatic carbocycles. The van der Waals surface area contributed by atoms with Crippen molar-refractivity contribution in [2.75, 3.05) is 5.73 Å². The lowest BCUT2D eigenvalue weighted by Gasteiger charge is -1.89. The van der Waals surface area contributed by atoms with Crippen LogP contribution in [-0.2, 0) is 0 Å². The van der Waals surface area contributed by atoms with E-state index in [1.165, 1.54) is 0 Å². The number of nitrogens with zero attached hydrogens (tertiary/aromatic N) is 1. The van der Waals surface area contributed by atoms with E-state index in [1.54, 1.807) is 6.20 Å². The van der Waals surface area contributed by atoms with Gasteiger partial charge in [0, 0.05) is 5.69 Å². The number of nitrogens with two attached hydrogens (primary N) is 1. The fourth-order valence-corrected chi connectivity index (χ4v) is 0.479. The molecule has 0 atom stereocenters. The van der Waals surface area contributed by atoms with E-state index in [9.17, 15) is 0 Å². The molecule has 0 saturated carbocycles. The Morgan fingerprint density at radius 3 is 2.20 bits per heavy atom. The summed E-state index contributed by atoms with van der Waals surface area (Å²) in [6, 6.07) is 3.72. The van der Waals surface area contributed by atoms with Gasteiger partial charge in [-0.3, -0.25) is 4.98 Å². The summed E-state index contributed by atoms with van der Waals surface area (Å²) in [5.74, 6) is 0. The van der Waals surface area contributed by atoms with Crippen LogP contribution < -0.4 is 5.73 Å². The lowest BCUT2D eigenvalue weighted by molar-refractivity contribution is 1.20. The third-order valence-corrected chi connectivity index (χ3v) is 0.934. The van der Waals surface area contributed by atoms with Gasteiger partial charge in [0.2, 0.25) is 0 Å². The van der Waals surface area contributed by atoms with Gasteiger partial charge in [0.05, 0.1) is 11.9 Å². The average Bonchev–Trinajstić information content (AvgIpc) is 1.77. The predicted octanol–water partition coefficient (Wildman–Crippen LogP) is 1.82. The summed E-state index contributed by atoms with van der Waals surface area (Å²) in [6.45, 7) is 1.93. The first-order chi connectivity index (χ1) is 3.79. The second kappa shape index (κ2) is 5.33. The molecule has 0 saturated heterocycles. The minimum absolute atomic E-state index is 0. The number of pyridine rings is 1. The van der Waals surface area contributed by atoms with E-state index < -0.39 is 0 Å². The van der Waals surface area contributed by atoms with Gasteiger partial charge in [0.25, 0.3) is 0 Å². The van der Waals surface area contributed by atoms with Gasteiger partial charge in [-0.1, -0.05) is 0 Å². The highest BCUT2D eigenvalue weighted by molar-refractivity contribution is 5.85. The van der Waals surface area contributed by atoms with Gasteiger partial charge in [0.1, 0.15) is 0 Å². The summed E-state index contributed by atoms with van der Waals surface area (Å²) in [4.78, 5) is 3.95. The van der Waals surface area contributed by atoms with Crippen molar-refractivity contribution in [3.63, 3.8) is 0 Å². The first kappa shape index (κ1) is 12.2. The predicted molar refractivity (Wildman–Crippen MR) is 47.9 cm³/mol. The quantitative estimate of drug-likeness (QED) is 0.662. The summed E-state index contributed by atoms with van der Waals surface area (Å²) in [6.07, 6.45) is 1.65. The van der Waals surface area contributed by atoms with E-state index in [1.807, 2.05) is 19.1 Å². The molecule has 2 N–H and O–H groups in total. The molecule has 0 aliphatic heterocycles. The maximum absolute atomic E-state index is 5.36. The van der Waals surface area contributed by atoms with Crippen molar-refractivity contribution >= 4 is 30.5 Å². The first-order valence-corrected chi connectivity index (χ1v) is 2.47. The summed E-state index contributed by atoms with van der Waals surface area (Å²) >= 11 is 0.